The Morgan fingerprint density at radius 2 is 1.92 bits per heavy atom. The number of ether oxygens (including phenoxy) is 1. The molecule has 0 N–H and O–H groups in total. The molecule has 0 aromatic rings. The van der Waals surface area contributed by atoms with Crippen LogP contribution in [0.4, 0.5) is 0 Å². The van der Waals surface area contributed by atoms with Crippen LogP contribution in [0, 0.1) is 28.6 Å². The van der Waals surface area contributed by atoms with Crippen molar-refractivity contribution in [2.24, 2.45) is 28.6 Å². The van der Waals surface area contributed by atoms with Gasteiger partial charge >= 0.3 is 0 Å². The average molecular weight is 357 g/mol. The van der Waals surface area contributed by atoms with Crippen molar-refractivity contribution in [3.63, 3.8) is 0 Å². The minimum absolute atomic E-state index is 0.0809. The molecule has 3 nitrogen and oxygen atoms in total. The van der Waals surface area contributed by atoms with Crippen molar-refractivity contribution in [1.29, 1.82) is 0 Å². The number of ketones is 2. The Hall–Kier alpha value is -1.22. The largest absolute Gasteiger partial charge is 0.367 e. The van der Waals surface area contributed by atoms with Gasteiger partial charge in [0.1, 0.15) is 5.60 Å². The molecule has 3 heteroatoms. The topological polar surface area (TPSA) is 43.4 Å². The van der Waals surface area contributed by atoms with E-state index in [-0.39, 0.29) is 22.4 Å². The first-order chi connectivity index (χ1) is 12.3. The van der Waals surface area contributed by atoms with E-state index in [1.165, 1.54) is 5.57 Å². The second-order valence-electron chi connectivity index (χ2n) is 9.44. The Kier molecular flexibility index (Phi) is 4.11. The maximum Gasteiger partial charge on any atom is 0.162 e. The van der Waals surface area contributed by atoms with E-state index in [2.05, 4.69) is 26.0 Å². The summed E-state index contributed by atoms with van der Waals surface area (Å²) < 4.78 is 6.22. The summed E-state index contributed by atoms with van der Waals surface area (Å²) in [6.07, 6.45) is 12.2. The lowest BCUT2D eigenvalue weighted by Crippen LogP contribution is -2.57. The zero-order valence-corrected chi connectivity index (χ0v) is 16.6. The van der Waals surface area contributed by atoms with E-state index in [0.717, 1.165) is 32.1 Å². The van der Waals surface area contributed by atoms with Crippen LogP contribution in [0.25, 0.3) is 0 Å². The van der Waals surface area contributed by atoms with Crippen molar-refractivity contribution in [2.45, 2.75) is 71.8 Å². The molecule has 0 saturated heterocycles. The highest BCUT2D eigenvalue weighted by Crippen LogP contribution is 2.67. The highest BCUT2D eigenvalue weighted by Gasteiger charge is 2.66. The van der Waals surface area contributed by atoms with Gasteiger partial charge in [0.25, 0.3) is 0 Å². The van der Waals surface area contributed by atoms with Gasteiger partial charge in [-0.2, -0.15) is 0 Å². The quantitative estimate of drug-likeness (QED) is 0.739. The van der Waals surface area contributed by atoms with Crippen molar-refractivity contribution in [2.75, 3.05) is 6.61 Å². The zero-order chi connectivity index (χ0) is 18.7. The molecule has 0 unspecified atom stereocenters. The van der Waals surface area contributed by atoms with Gasteiger partial charge < -0.3 is 4.74 Å². The molecule has 0 aliphatic heterocycles. The summed E-state index contributed by atoms with van der Waals surface area (Å²) in [4.78, 5) is 24.6. The van der Waals surface area contributed by atoms with Gasteiger partial charge in [0.15, 0.2) is 11.6 Å². The van der Waals surface area contributed by atoms with Crippen LogP contribution in [-0.2, 0) is 14.3 Å². The first-order valence-corrected chi connectivity index (χ1v) is 10.4. The van der Waals surface area contributed by atoms with Gasteiger partial charge in [-0.25, -0.2) is 0 Å². The summed E-state index contributed by atoms with van der Waals surface area (Å²) in [6.45, 7) is 9.00. The van der Waals surface area contributed by atoms with Crippen molar-refractivity contribution in [3.8, 4) is 0 Å². The molecule has 0 aromatic carbocycles. The van der Waals surface area contributed by atoms with Gasteiger partial charge in [-0.3, -0.25) is 9.59 Å². The van der Waals surface area contributed by atoms with Crippen molar-refractivity contribution in [3.05, 3.63) is 23.8 Å². The fourth-order valence-corrected chi connectivity index (χ4v) is 7.16. The molecule has 4 rings (SSSR count). The molecule has 0 radical (unpaired) electrons. The second kappa shape index (κ2) is 5.89. The third-order valence-electron chi connectivity index (χ3n) is 8.59. The molecular formula is C23H32O3. The van der Waals surface area contributed by atoms with Crippen LogP contribution >= 0.6 is 0 Å². The van der Waals surface area contributed by atoms with Crippen molar-refractivity contribution in [1.82, 2.24) is 0 Å². The average Bonchev–Trinajstić information content (AvgIpc) is 2.90. The number of allylic oxidation sites excluding steroid dienone is 4. The van der Waals surface area contributed by atoms with Gasteiger partial charge in [-0.15, -0.1) is 0 Å². The van der Waals surface area contributed by atoms with Crippen molar-refractivity contribution >= 4 is 11.6 Å². The van der Waals surface area contributed by atoms with E-state index in [0.29, 0.717) is 30.8 Å². The monoisotopic (exact) mass is 356 g/mol. The first kappa shape index (κ1) is 18.2. The number of carbonyl (C=O) groups excluding carboxylic acids is 2. The predicted molar refractivity (Wildman–Crippen MR) is 102 cm³/mol. The highest BCUT2D eigenvalue weighted by atomic mass is 16.5. The fourth-order valence-electron chi connectivity index (χ4n) is 7.16. The van der Waals surface area contributed by atoms with Crippen LogP contribution in [-0.4, -0.2) is 23.8 Å². The number of rotatable bonds is 3. The third-order valence-corrected chi connectivity index (χ3v) is 8.59. The Morgan fingerprint density at radius 1 is 1.19 bits per heavy atom. The minimum Gasteiger partial charge on any atom is -0.367 e. The van der Waals surface area contributed by atoms with E-state index in [9.17, 15) is 9.59 Å². The lowest BCUT2D eigenvalue weighted by Gasteiger charge is -2.57. The third kappa shape index (κ3) is 2.16. The Morgan fingerprint density at radius 3 is 2.62 bits per heavy atom. The predicted octanol–water partition coefficient (Wildman–Crippen LogP) is 4.66. The van der Waals surface area contributed by atoms with E-state index >= 15 is 0 Å². The number of hydrogen-bond acceptors (Lipinski definition) is 3. The summed E-state index contributed by atoms with van der Waals surface area (Å²) in [5, 5.41) is 0. The van der Waals surface area contributed by atoms with Gasteiger partial charge in [0.2, 0.25) is 0 Å². The summed E-state index contributed by atoms with van der Waals surface area (Å²) >= 11 is 0. The number of hydrogen-bond donors (Lipinski definition) is 0. The smallest absolute Gasteiger partial charge is 0.162 e. The lowest BCUT2D eigenvalue weighted by atomic mass is 9.48. The van der Waals surface area contributed by atoms with Crippen molar-refractivity contribution < 1.29 is 14.3 Å². The van der Waals surface area contributed by atoms with Crippen LogP contribution in [0.15, 0.2) is 23.8 Å². The normalized spacial score (nSPS) is 47.0. The molecule has 2 saturated carbocycles. The second-order valence-corrected chi connectivity index (χ2v) is 9.44. The van der Waals surface area contributed by atoms with E-state index in [4.69, 9.17) is 4.74 Å². The molecule has 6 atom stereocenters. The molecule has 0 bridgehead atoms. The Balaban J connectivity index is 1.74. The van der Waals surface area contributed by atoms with Gasteiger partial charge in [0.05, 0.1) is 0 Å². The Labute approximate surface area is 157 Å². The number of Topliss-reactive ketones (excluding diaryl/α,β-unsaturated/α-hetero) is 1. The fraction of sp³-hybridized carbons (Fsp3) is 0.739. The molecule has 0 spiro atoms. The van der Waals surface area contributed by atoms with E-state index < -0.39 is 5.60 Å². The van der Waals surface area contributed by atoms with Crippen LogP contribution in [0.5, 0.6) is 0 Å². The molecule has 142 valence electrons. The maximum atomic E-state index is 12.7. The molecule has 0 aromatic heterocycles. The SMILES string of the molecule is CCO[C@]1(C(C)=O)CC[C@H]2[C@@H]3C=CC4=CC(=O)CC[C@]4(C)[C@H]3CC[C@@]21C. The lowest BCUT2D eigenvalue weighted by molar-refractivity contribution is -0.170. The molecule has 26 heavy (non-hydrogen) atoms. The molecule has 0 heterocycles. The zero-order valence-electron chi connectivity index (χ0n) is 16.6. The number of carbonyl (C=O) groups is 2. The standard InChI is InChI=1S/C23H32O3/c1-5-26-23(15(2)24)13-10-20-18-7-6-16-14-17(25)8-11-21(16,3)19(18)9-12-22(20,23)4/h6-7,14,18-20H,5,8-13H2,1-4H3/t18-,19+,20+,21+,22+,23+/m1/s1. The van der Waals surface area contributed by atoms with E-state index in [1.54, 1.807) is 6.92 Å². The van der Waals surface area contributed by atoms with Crippen LogP contribution in [0.3, 0.4) is 0 Å². The first-order valence-electron chi connectivity index (χ1n) is 10.4. The summed E-state index contributed by atoms with van der Waals surface area (Å²) in [7, 11) is 0. The molecule has 4 aliphatic rings. The maximum absolute atomic E-state index is 12.7. The number of fused-ring (bicyclic) bond motifs is 5. The minimum atomic E-state index is -0.606. The summed E-state index contributed by atoms with van der Waals surface area (Å²) in [6, 6.07) is 0. The van der Waals surface area contributed by atoms with Gasteiger partial charge in [0, 0.05) is 18.4 Å². The summed E-state index contributed by atoms with van der Waals surface area (Å²) in [5.41, 5.74) is 0.661. The molecular weight excluding hydrogens is 324 g/mol. The van der Waals surface area contributed by atoms with Crippen LogP contribution in [0.2, 0.25) is 0 Å². The molecule has 4 aliphatic carbocycles. The van der Waals surface area contributed by atoms with E-state index in [1.807, 2.05) is 13.0 Å². The molecule has 2 fully saturated rings. The molecule has 0 amide bonds. The van der Waals surface area contributed by atoms with Crippen LogP contribution in [0.1, 0.15) is 66.2 Å². The highest BCUT2D eigenvalue weighted by molar-refractivity contribution is 5.92. The van der Waals surface area contributed by atoms with Gasteiger partial charge in [-0.05, 0) is 80.8 Å². The Bertz CT molecular complexity index is 704. The van der Waals surface area contributed by atoms with Gasteiger partial charge in [-0.1, -0.05) is 26.0 Å². The summed E-state index contributed by atoms with van der Waals surface area (Å²) in [5.74, 6) is 2.04. The van der Waals surface area contributed by atoms with Crippen LogP contribution < -0.4 is 0 Å².